The molecule has 0 bridgehead atoms. The molecule has 0 aromatic rings. The van der Waals surface area contributed by atoms with Crippen molar-refractivity contribution in [3.05, 3.63) is 0 Å². The Labute approximate surface area is 64.3 Å². The van der Waals surface area contributed by atoms with Gasteiger partial charge in [0.2, 0.25) is 0 Å². The number of hydrogen-bond donors (Lipinski definition) is 0. The Bertz CT molecular complexity index is 55.2. The molecule has 0 saturated carbocycles. The normalized spacial score (nSPS) is 12.9. The number of rotatable bonds is 0. The molecule has 0 nitrogen and oxygen atoms in total. The third-order valence-corrected chi connectivity index (χ3v) is 19.8. The van der Waals surface area contributed by atoms with E-state index in [0.717, 1.165) is 0 Å². The minimum absolute atomic E-state index is 0.530. The van der Waals surface area contributed by atoms with Crippen LogP contribution in [0.3, 0.4) is 0 Å². The molecule has 0 fully saturated rings. The maximum atomic E-state index is 3.61. The molecule has 3 heteroatoms. The molecule has 1 radical (unpaired) electrons. The maximum absolute atomic E-state index is 3.61. The van der Waals surface area contributed by atoms with Crippen molar-refractivity contribution >= 4 is 40.7 Å². The summed E-state index contributed by atoms with van der Waals surface area (Å²) >= 11 is 6.00. The van der Waals surface area contributed by atoms with Gasteiger partial charge in [-0.1, -0.05) is 0 Å². The molecule has 0 aromatic carbocycles. The van der Waals surface area contributed by atoms with Gasteiger partial charge in [0.15, 0.2) is 0 Å². The summed E-state index contributed by atoms with van der Waals surface area (Å²) in [6, 6.07) is 0. The number of halogens is 2. The van der Waals surface area contributed by atoms with Gasteiger partial charge in [-0.05, 0) is 0 Å². The van der Waals surface area contributed by atoms with Crippen molar-refractivity contribution in [3.8, 4) is 0 Å². The first-order chi connectivity index (χ1) is 2.94. The third-order valence-electron chi connectivity index (χ3n) is 0.567. The topological polar surface area (TPSA) is 0 Å². The van der Waals surface area contributed by atoms with Crippen LogP contribution in [0.4, 0.5) is 0 Å². The summed E-state index contributed by atoms with van der Waals surface area (Å²) < 4.78 is 0.530. The molecule has 0 aliphatic heterocycles. The zero-order valence-electron chi connectivity index (χ0n) is 4.76. The van der Waals surface area contributed by atoms with Crippen LogP contribution in [0.25, 0.3) is 0 Å². The van der Waals surface area contributed by atoms with Gasteiger partial charge in [0.1, 0.15) is 0 Å². The zero-order chi connectivity index (χ0) is 6.08. The summed E-state index contributed by atoms with van der Waals surface area (Å²) in [5.41, 5.74) is 0. The first-order valence-corrected chi connectivity index (χ1v) is 16.4. The van der Waals surface area contributed by atoms with Crippen molar-refractivity contribution < 1.29 is 0 Å². The van der Waals surface area contributed by atoms with Crippen molar-refractivity contribution in [2.45, 2.75) is 24.2 Å². The Morgan fingerprint density at radius 3 is 1.29 bits per heavy atom. The van der Waals surface area contributed by atoms with Crippen molar-refractivity contribution in [3.63, 3.8) is 0 Å². The monoisotopic (exact) mass is 335 g/mol. The Balaban J connectivity index is 3.54. The van der Waals surface area contributed by atoms with Gasteiger partial charge in [-0.25, -0.2) is 0 Å². The molecule has 43 valence electrons. The second-order valence-corrected chi connectivity index (χ2v) is 26.1. The van der Waals surface area contributed by atoms with E-state index >= 15 is 0 Å². The first kappa shape index (κ1) is 8.76. The van der Waals surface area contributed by atoms with Crippen molar-refractivity contribution in [2.75, 3.05) is 0 Å². The van der Waals surface area contributed by atoms with E-state index in [-0.39, 0.29) is 0 Å². The summed E-state index contributed by atoms with van der Waals surface area (Å²) in [5.74, 6) is 0. The average Bonchev–Trinajstić information content (AvgIpc) is 1.31. The van der Waals surface area contributed by atoms with Gasteiger partial charge in [0.05, 0.1) is 0 Å². The number of hydrogen-bond acceptors (Lipinski definition) is 0. The minimum atomic E-state index is -1.22. The summed E-state index contributed by atoms with van der Waals surface area (Å²) in [7, 11) is 0. The fraction of sp³-hybridized carbons (Fsp3) is 1.00. The summed E-state index contributed by atoms with van der Waals surface area (Å²) in [4.78, 5) is 0. The van der Waals surface area contributed by atoms with E-state index in [4.69, 9.17) is 0 Å². The van der Waals surface area contributed by atoms with Gasteiger partial charge in [-0.15, -0.1) is 0 Å². The van der Waals surface area contributed by atoms with Crippen LogP contribution >= 0.6 is 25.4 Å². The van der Waals surface area contributed by atoms with Crippen LogP contribution in [0.5, 0.6) is 0 Å². The Morgan fingerprint density at radius 2 is 1.29 bits per heavy atom. The van der Waals surface area contributed by atoms with Crippen LogP contribution in [0, 0.1) is 0 Å². The van der Waals surface area contributed by atoms with Gasteiger partial charge in [0.25, 0.3) is 0 Å². The molecule has 0 amide bonds. The summed E-state index contributed by atoms with van der Waals surface area (Å²) in [6.07, 6.45) is 0. The quantitative estimate of drug-likeness (QED) is 0.597. The zero-order valence-corrected chi connectivity index (χ0v) is 10.8. The second kappa shape index (κ2) is 3.06. The molecule has 0 saturated heterocycles. The Kier molecular flexibility index (Phi) is 3.83. The van der Waals surface area contributed by atoms with Gasteiger partial charge in [0, 0.05) is 0 Å². The van der Waals surface area contributed by atoms with Crippen LogP contribution in [0.15, 0.2) is 0 Å². The van der Waals surface area contributed by atoms with E-state index in [1.54, 1.807) is 0 Å². The second-order valence-electron chi connectivity index (χ2n) is 2.51. The van der Waals surface area contributed by atoms with Crippen LogP contribution in [-0.4, -0.2) is 15.3 Å². The molecule has 0 heterocycles. The molecule has 0 atom stereocenters. The molecule has 0 unspecified atom stereocenters. The van der Waals surface area contributed by atoms with E-state index in [0.29, 0.717) is 3.43 Å². The fourth-order valence-electron chi connectivity index (χ4n) is 0. The van der Waals surface area contributed by atoms with E-state index in [9.17, 15) is 0 Å². The Morgan fingerprint density at radius 1 is 1.14 bits per heavy atom. The predicted octanol–water partition coefficient (Wildman–Crippen LogP) is 3.06. The van der Waals surface area contributed by atoms with Crippen molar-refractivity contribution in [2.24, 2.45) is 0 Å². The van der Waals surface area contributed by atoms with Crippen molar-refractivity contribution in [1.29, 1.82) is 0 Å². The standard InChI is InChI=1S/C4H9.2BrH.Sn/c1-4(2)3;;;/h1-3H3;2*1H;/q;;;+2/p-2. The van der Waals surface area contributed by atoms with E-state index in [1.165, 1.54) is 0 Å². The molecule has 0 aliphatic carbocycles. The molecular weight excluding hydrogens is 327 g/mol. The predicted molar refractivity (Wildman–Crippen MR) is 43.3 cm³/mol. The van der Waals surface area contributed by atoms with Crippen LogP contribution in [-0.2, 0) is 0 Å². The van der Waals surface area contributed by atoms with Crippen LogP contribution in [0.1, 0.15) is 20.8 Å². The molecule has 0 aliphatic rings. The molecule has 7 heavy (non-hydrogen) atoms. The summed E-state index contributed by atoms with van der Waals surface area (Å²) in [6.45, 7) is 6.77. The average molecular weight is 336 g/mol. The van der Waals surface area contributed by atoms with Gasteiger partial charge < -0.3 is 0 Å². The first-order valence-electron chi connectivity index (χ1n) is 2.13. The molecule has 0 N–H and O–H groups in total. The molecule has 0 rings (SSSR count). The third kappa shape index (κ3) is 4.27. The molecule has 0 aromatic heterocycles. The van der Waals surface area contributed by atoms with Crippen LogP contribution in [0.2, 0.25) is 3.43 Å². The summed E-state index contributed by atoms with van der Waals surface area (Å²) in [5, 5.41) is 0. The van der Waals surface area contributed by atoms with E-state index < -0.39 is 15.3 Å². The van der Waals surface area contributed by atoms with Gasteiger partial charge >= 0.3 is 64.9 Å². The van der Waals surface area contributed by atoms with Crippen LogP contribution < -0.4 is 0 Å². The van der Waals surface area contributed by atoms with Crippen molar-refractivity contribution in [1.82, 2.24) is 0 Å². The van der Waals surface area contributed by atoms with E-state index in [1.807, 2.05) is 0 Å². The van der Waals surface area contributed by atoms with Gasteiger partial charge in [-0.2, -0.15) is 0 Å². The fourth-order valence-corrected chi connectivity index (χ4v) is 0. The molecular formula is C4H9Br2Sn. The van der Waals surface area contributed by atoms with E-state index in [2.05, 4.69) is 46.2 Å². The molecule has 0 spiro atoms. The SMILES string of the molecule is C[C](C)(C)[Sn]([Br])[Br]. The van der Waals surface area contributed by atoms with Gasteiger partial charge in [-0.3, -0.25) is 0 Å². The Hall–Kier alpha value is 1.76.